The van der Waals surface area contributed by atoms with E-state index in [0.717, 1.165) is 5.56 Å². The van der Waals surface area contributed by atoms with E-state index in [9.17, 15) is 4.79 Å². The first-order chi connectivity index (χ1) is 7.63. The maximum Gasteiger partial charge on any atom is 0.303 e. The van der Waals surface area contributed by atoms with Crippen LogP contribution in [0.5, 0.6) is 5.75 Å². The topological polar surface area (TPSA) is 81.8 Å². The summed E-state index contributed by atoms with van der Waals surface area (Å²) in [5, 5.41) is 8.54. The highest BCUT2D eigenvalue weighted by molar-refractivity contribution is 5.67. The van der Waals surface area contributed by atoms with Gasteiger partial charge in [0, 0.05) is 13.5 Å². The molecule has 0 atom stereocenters. The van der Waals surface area contributed by atoms with E-state index in [-0.39, 0.29) is 13.2 Å². The zero-order valence-electron chi connectivity index (χ0n) is 9.10. The zero-order chi connectivity index (χ0) is 12.0. The molecule has 0 aromatic heterocycles. The van der Waals surface area contributed by atoms with Crippen LogP contribution in [0.15, 0.2) is 18.2 Å². The number of carbonyl (C=O) groups is 1. The van der Waals surface area contributed by atoms with Crippen molar-refractivity contribution in [2.45, 2.75) is 12.8 Å². The first kappa shape index (κ1) is 12.3. The predicted octanol–water partition coefficient (Wildman–Crippen LogP) is 1.27. The van der Waals surface area contributed by atoms with Gasteiger partial charge in [0.2, 0.25) is 0 Å². The summed E-state index contributed by atoms with van der Waals surface area (Å²) in [4.78, 5) is 10.4. The van der Waals surface area contributed by atoms with Crippen molar-refractivity contribution in [3.05, 3.63) is 23.8 Å². The minimum Gasteiger partial charge on any atom is -0.481 e. The Labute approximate surface area is 93.8 Å². The SMILES string of the molecule is COCOc1ccc(CCC(=O)O)cc1N. The second-order valence-electron chi connectivity index (χ2n) is 3.32. The monoisotopic (exact) mass is 225 g/mol. The number of aryl methyl sites for hydroxylation is 1. The van der Waals surface area contributed by atoms with Crippen molar-refractivity contribution in [3.63, 3.8) is 0 Å². The molecule has 1 rings (SSSR count). The Morgan fingerprint density at radius 1 is 1.50 bits per heavy atom. The van der Waals surface area contributed by atoms with E-state index >= 15 is 0 Å². The van der Waals surface area contributed by atoms with Gasteiger partial charge in [-0.2, -0.15) is 0 Å². The van der Waals surface area contributed by atoms with E-state index in [1.807, 2.05) is 0 Å². The number of carboxylic acids is 1. The van der Waals surface area contributed by atoms with Gasteiger partial charge in [-0.1, -0.05) is 6.07 Å². The van der Waals surface area contributed by atoms with Crippen LogP contribution in [-0.4, -0.2) is 25.0 Å². The van der Waals surface area contributed by atoms with Crippen molar-refractivity contribution < 1.29 is 19.4 Å². The smallest absolute Gasteiger partial charge is 0.303 e. The van der Waals surface area contributed by atoms with E-state index < -0.39 is 5.97 Å². The molecule has 0 amide bonds. The molecule has 1 aromatic rings. The summed E-state index contributed by atoms with van der Waals surface area (Å²) in [6.07, 6.45) is 0.557. The average molecular weight is 225 g/mol. The van der Waals surface area contributed by atoms with Crippen molar-refractivity contribution in [1.29, 1.82) is 0 Å². The molecule has 0 heterocycles. The minimum atomic E-state index is -0.821. The molecule has 1 aromatic carbocycles. The van der Waals surface area contributed by atoms with Crippen molar-refractivity contribution in [2.24, 2.45) is 0 Å². The first-order valence-electron chi connectivity index (χ1n) is 4.85. The fourth-order valence-corrected chi connectivity index (χ4v) is 1.26. The van der Waals surface area contributed by atoms with E-state index in [4.69, 9.17) is 20.3 Å². The van der Waals surface area contributed by atoms with Gasteiger partial charge in [0.25, 0.3) is 0 Å². The van der Waals surface area contributed by atoms with Crippen molar-refractivity contribution >= 4 is 11.7 Å². The molecule has 0 spiro atoms. The van der Waals surface area contributed by atoms with Crippen LogP contribution in [0.4, 0.5) is 5.69 Å². The molecule has 0 unspecified atom stereocenters. The third-order valence-corrected chi connectivity index (χ3v) is 2.03. The van der Waals surface area contributed by atoms with Crippen LogP contribution >= 0.6 is 0 Å². The Morgan fingerprint density at radius 3 is 2.81 bits per heavy atom. The summed E-state index contributed by atoms with van der Waals surface area (Å²) in [6, 6.07) is 5.23. The number of methoxy groups -OCH3 is 1. The molecular formula is C11H15NO4. The van der Waals surface area contributed by atoms with Crippen LogP contribution in [-0.2, 0) is 16.0 Å². The minimum absolute atomic E-state index is 0.0950. The average Bonchev–Trinajstić information content (AvgIpc) is 2.25. The van der Waals surface area contributed by atoms with Gasteiger partial charge >= 0.3 is 5.97 Å². The fraction of sp³-hybridized carbons (Fsp3) is 0.364. The number of nitrogens with two attached hydrogens (primary N) is 1. The molecule has 0 aliphatic carbocycles. The summed E-state index contributed by atoms with van der Waals surface area (Å²) in [5.41, 5.74) is 7.11. The molecule has 88 valence electrons. The molecular weight excluding hydrogens is 210 g/mol. The standard InChI is InChI=1S/C11H15NO4/c1-15-7-16-10-4-2-8(6-9(10)12)3-5-11(13)14/h2,4,6H,3,5,7,12H2,1H3,(H,13,14). The molecule has 0 saturated carbocycles. The molecule has 5 nitrogen and oxygen atoms in total. The van der Waals surface area contributed by atoms with Gasteiger partial charge in [-0.25, -0.2) is 0 Å². The van der Waals surface area contributed by atoms with E-state index in [2.05, 4.69) is 0 Å². The molecule has 5 heteroatoms. The molecule has 3 N–H and O–H groups in total. The second-order valence-corrected chi connectivity index (χ2v) is 3.32. The zero-order valence-corrected chi connectivity index (χ0v) is 9.10. The number of aliphatic carboxylic acids is 1. The maximum atomic E-state index is 10.4. The van der Waals surface area contributed by atoms with Crippen LogP contribution in [0, 0.1) is 0 Å². The number of hydrogen-bond donors (Lipinski definition) is 2. The van der Waals surface area contributed by atoms with Crippen molar-refractivity contribution in [3.8, 4) is 5.75 Å². The Bertz CT molecular complexity index is 365. The third-order valence-electron chi connectivity index (χ3n) is 2.03. The number of rotatable bonds is 6. The normalized spacial score (nSPS) is 10.1. The Kier molecular flexibility index (Phi) is 4.60. The first-order valence-corrected chi connectivity index (χ1v) is 4.85. The van der Waals surface area contributed by atoms with Crippen LogP contribution in [0.1, 0.15) is 12.0 Å². The van der Waals surface area contributed by atoms with Gasteiger partial charge in [0.1, 0.15) is 5.75 Å². The van der Waals surface area contributed by atoms with Crippen LogP contribution in [0.3, 0.4) is 0 Å². The summed E-state index contributed by atoms with van der Waals surface area (Å²) in [5.74, 6) is -0.279. The summed E-state index contributed by atoms with van der Waals surface area (Å²) in [7, 11) is 1.53. The number of benzene rings is 1. The molecule has 0 aliphatic heterocycles. The van der Waals surface area contributed by atoms with Crippen LogP contribution in [0.2, 0.25) is 0 Å². The molecule has 0 bridgehead atoms. The van der Waals surface area contributed by atoms with Gasteiger partial charge in [0.15, 0.2) is 6.79 Å². The Balaban J connectivity index is 2.63. The molecule has 16 heavy (non-hydrogen) atoms. The number of nitrogen functional groups attached to an aromatic ring is 1. The van der Waals surface area contributed by atoms with Gasteiger partial charge in [-0.15, -0.1) is 0 Å². The largest absolute Gasteiger partial charge is 0.481 e. The highest BCUT2D eigenvalue weighted by Gasteiger charge is 2.04. The van der Waals surface area contributed by atoms with Crippen molar-refractivity contribution in [1.82, 2.24) is 0 Å². The lowest BCUT2D eigenvalue weighted by molar-refractivity contribution is -0.136. The highest BCUT2D eigenvalue weighted by atomic mass is 16.7. The Hall–Kier alpha value is -1.75. The van der Waals surface area contributed by atoms with Gasteiger partial charge in [0.05, 0.1) is 5.69 Å². The summed E-state index contributed by atoms with van der Waals surface area (Å²) in [6.45, 7) is 0.138. The molecule has 0 saturated heterocycles. The third kappa shape index (κ3) is 3.78. The van der Waals surface area contributed by atoms with Gasteiger partial charge in [-0.3, -0.25) is 4.79 Å². The predicted molar refractivity (Wildman–Crippen MR) is 59.3 cm³/mol. The lowest BCUT2D eigenvalue weighted by Crippen LogP contribution is -2.03. The maximum absolute atomic E-state index is 10.4. The number of anilines is 1. The lowest BCUT2D eigenvalue weighted by Gasteiger charge is -2.09. The van der Waals surface area contributed by atoms with E-state index in [0.29, 0.717) is 17.9 Å². The van der Waals surface area contributed by atoms with Gasteiger partial charge in [-0.05, 0) is 24.1 Å². The van der Waals surface area contributed by atoms with E-state index in [1.54, 1.807) is 18.2 Å². The number of hydrogen-bond acceptors (Lipinski definition) is 4. The quantitative estimate of drug-likeness (QED) is 0.562. The number of ether oxygens (including phenoxy) is 2. The molecule has 0 radical (unpaired) electrons. The number of carboxylic acid groups (broad SMARTS) is 1. The van der Waals surface area contributed by atoms with Crippen LogP contribution < -0.4 is 10.5 Å². The summed E-state index contributed by atoms with van der Waals surface area (Å²) >= 11 is 0. The molecule has 0 fully saturated rings. The highest BCUT2D eigenvalue weighted by Crippen LogP contribution is 2.23. The second kappa shape index (κ2) is 5.97. The molecule has 0 aliphatic rings. The lowest BCUT2D eigenvalue weighted by atomic mass is 10.1. The summed E-state index contributed by atoms with van der Waals surface area (Å²) < 4.78 is 9.96. The van der Waals surface area contributed by atoms with Gasteiger partial charge < -0.3 is 20.3 Å². The fourth-order valence-electron chi connectivity index (χ4n) is 1.26. The van der Waals surface area contributed by atoms with Crippen LogP contribution in [0.25, 0.3) is 0 Å². The Morgan fingerprint density at radius 2 is 2.25 bits per heavy atom. The van der Waals surface area contributed by atoms with E-state index in [1.165, 1.54) is 7.11 Å². The van der Waals surface area contributed by atoms with Crippen molar-refractivity contribution in [2.75, 3.05) is 19.6 Å².